The number of aromatic hydroxyl groups is 1. The van der Waals surface area contributed by atoms with Crippen LogP contribution < -0.4 is 20.1 Å². The number of sulfonamides is 1. The number of methoxy groups -OCH3 is 1. The lowest BCUT2D eigenvalue weighted by atomic mass is 10.0. The van der Waals surface area contributed by atoms with E-state index in [4.69, 9.17) is 16.3 Å². The minimum absolute atomic E-state index is 0.0478. The van der Waals surface area contributed by atoms with E-state index in [1.54, 1.807) is 55.6 Å². The normalized spacial score (nSPS) is 13.0. The molecule has 35 heavy (non-hydrogen) atoms. The average Bonchev–Trinajstić information content (AvgIpc) is 2.81. The maximum atomic E-state index is 13.1. The first-order chi connectivity index (χ1) is 16.6. The van der Waals surface area contributed by atoms with Gasteiger partial charge in [-0.25, -0.2) is 8.42 Å². The van der Waals surface area contributed by atoms with E-state index in [2.05, 4.69) is 15.4 Å². The summed E-state index contributed by atoms with van der Waals surface area (Å²) in [5.41, 5.74) is 1.47. The number of aliphatic hydroxyl groups excluding tert-OH is 1. The molecule has 0 fully saturated rings. The van der Waals surface area contributed by atoms with Gasteiger partial charge in [0.1, 0.15) is 17.5 Å². The fraction of sp³-hybridized carbons (Fsp3) is 0.208. The zero-order valence-corrected chi connectivity index (χ0v) is 20.6. The Morgan fingerprint density at radius 1 is 1.03 bits per heavy atom. The first kappa shape index (κ1) is 26.3. The number of hydrogen-bond acceptors (Lipinski definition) is 7. The predicted molar refractivity (Wildman–Crippen MR) is 135 cm³/mol. The predicted octanol–water partition coefficient (Wildman–Crippen LogP) is 3.43. The van der Waals surface area contributed by atoms with Gasteiger partial charge < -0.3 is 20.3 Å². The van der Waals surface area contributed by atoms with E-state index in [9.17, 15) is 23.4 Å². The molecule has 0 aliphatic heterocycles. The number of ether oxygens (including phenoxy) is 1. The van der Waals surface area contributed by atoms with E-state index in [-0.39, 0.29) is 23.9 Å². The molecule has 0 saturated heterocycles. The third kappa shape index (κ3) is 7.59. The van der Waals surface area contributed by atoms with Crippen molar-refractivity contribution in [1.82, 2.24) is 5.32 Å². The van der Waals surface area contributed by atoms with Crippen LogP contribution >= 0.6 is 11.6 Å². The SMILES string of the molecule is COc1ccc([C@H](NCC(O)c2ccc(O)c(NS(C)(=O)=O)c2)C(=O)Nc2ccc(Cl)cc2)cc1. The highest BCUT2D eigenvalue weighted by Crippen LogP contribution is 2.28. The van der Waals surface area contributed by atoms with Gasteiger partial charge in [0, 0.05) is 17.3 Å². The molecule has 3 aromatic carbocycles. The number of carbonyl (C=O) groups is 1. The molecule has 2 atom stereocenters. The summed E-state index contributed by atoms with van der Waals surface area (Å²) in [5, 5.41) is 27.1. The minimum atomic E-state index is -3.63. The average molecular weight is 520 g/mol. The Bertz CT molecular complexity index is 1270. The monoisotopic (exact) mass is 519 g/mol. The number of hydrogen-bond donors (Lipinski definition) is 5. The highest BCUT2D eigenvalue weighted by atomic mass is 35.5. The number of halogens is 1. The van der Waals surface area contributed by atoms with E-state index in [0.717, 1.165) is 6.26 Å². The van der Waals surface area contributed by atoms with Crippen molar-refractivity contribution in [2.24, 2.45) is 0 Å². The van der Waals surface area contributed by atoms with Crippen molar-refractivity contribution in [2.75, 3.05) is 29.9 Å². The molecule has 0 aromatic heterocycles. The number of amides is 1. The minimum Gasteiger partial charge on any atom is -0.506 e. The van der Waals surface area contributed by atoms with E-state index < -0.39 is 22.2 Å². The zero-order chi connectivity index (χ0) is 25.6. The van der Waals surface area contributed by atoms with Crippen molar-refractivity contribution >= 4 is 38.9 Å². The Morgan fingerprint density at radius 3 is 2.26 bits per heavy atom. The second-order valence-electron chi connectivity index (χ2n) is 7.78. The van der Waals surface area contributed by atoms with Gasteiger partial charge in [-0.05, 0) is 59.7 Å². The lowest BCUT2D eigenvalue weighted by molar-refractivity contribution is -0.118. The quantitative estimate of drug-likeness (QED) is 0.259. The van der Waals surface area contributed by atoms with Crippen LogP contribution in [-0.2, 0) is 14.8 Å². The van der Waals surface area contributed by atoms with E-state index in [0.29, 0.717) is 27.6 Å². The highest BCUT2D eigenvalue weighted by molar-refractivity contribution is 7.92. The van der Waals surface area contributed by atoms with Gasteiger partial charge in [0.05, 0.1) is 25.2 Å². The molecule has 0 bridgehead atoms. The van der Waals surface area contributed by atoms with Crippen molar-refractivity contribution in [2.45, 2.75) is 12.1 Å². The number of aliphatic hydroxyl groups is 1. The van der Waals surface area contributed by atoms with Gasteiger partial charge in [0.25, 0.3) is 0 Å². The highest BCUT2D eigenvalue weighted by Gasteiger charge is 2.23. The summed E-state index contributed by atoms with van der Waals surface area (Å²) in [5.74, 6) is -0.0201. The summed E-state index contributed by atoms with van der Waals surface area (Å²) >= 11 is 5.92. The van der Waals surface area contributed by atoms with Gasteiger partial charge in [-0.15, -0.1) is 0 Å². The van der Waals surface area contributed by atoms with Crippen LogP contribution in [0.15, 0.2) is 66.7 Å². The van der Waals surface area contributed by atoms with Crippen LogP contribution in [0.3, 0.4) is 0 Å². The third-order valence-corrected chi connectivity index (χ3v) is 5.88. The van der Waals surface area contributed by atoms with Crippen LogP contribution in [0.5, 0.6) is 11.5 Å². The number of phenols is 1. The summed E-state index contributed by atoms with van der Waals surface area (Å²) in [6.07, 6.45) is -0.157. The molecule has 11 heteroatoms. The molecule has 1 unspecified atom stereocenters. The number of anilines is 2. The summed E-state index contributed by atoms with van der Waals surface area (Å²) < 4.78 is 30.5. The van der Waals surface area contributed by atoms with Gasteiger partial charge in [0.2, 0.25) is 15.9 Å². The first-order valence-electron chi connectivity index (χ1n) is 10.5. The molecule has 5 N–H and O–H groups in total. The van der Waals surface area contributed by atoms with Crippen molar-refractivity contribution in [3.05, 3.63) is 82.9 Å². The number of rotatable bonds is 10. The molecule has 0 aliphatic carbocycles. The molecular weight excluding hydrogens is 494 g/mol. The molecule has 0 saturated carbocycles. The molecule has 186 valence electrons. The van der Waals surface area contributed by atoms with E-state index in [1.807, 2.05) is 0 Å². The maximum Gasteiger partial charge on any atom is 0.246 e. The standard InChI is InChI=1S/C24H26ClN3O6S/c1-34-19-10-3-15(4-11-19)23(24(31)27-18-8-6-17(25)7-9-18)26-14-22(30)16-5-12-21(29)20(13-16)28-35(2,32)33/h3-13,22-23,26,28-30H,14H2,1-2H3,(H,27,31)/t22?,23-/m0/s1. The summed E-state index contributed by atoms with van der Waals surface area (Å²) in [6, 6.07) is 16.8. The van der Waals surface area contributed by atoms with Gasteiger partial charge in [0.15, 0.2) is 0 Å². The van der Waals surface area contributed by atoms with Gasteiger partial charge >= 0.3 is 0 Å². The van der Waals surface area contributed by atoms with Crippen molar-refractivity contribution in [3.8, 4) is 11.5 Å². The molecule has 3 aromatic rings. The van der Waals surface area contributed by atoms with Gasteiger partial charge in [-0.1, -0.05) is 29.8 Å². The molecule has 0 aliphatic rings. The fourth-order valence-corrected chi connectivity index (χ4v) is 3.98. The van der Waals surface area contributed by atoms with Crippen molar-refractivity contribution < 1.29 is 28.2 Å². The molecule has 0 spiro atoms. The zero-order valence-electron chi connectivity index (χ0n) is 19.0. The van der Waals surface area contributed by atoms with Crippen LogP contribution in [0.4, 0.5) is 11.4 Å². The molecule has 9 nitrogen and oxygen atoms in total. The van der Waals surface area contributed by atoms with Crippen LogP contribution in [0.1, 0.15) is 23.3 Å². The van der Waals surface area contributed by atoms with Crippen molar-refractivity contribution in [1.29, 1.82) is 0 Å². The smallest absolute Gasteiger partial charge is 0.246 e. The topological polar surface area (TPSA) is 137 Å². The first-order valence-corrected chi connectivity index (χ1v) is 12.7. The Morgan fingerprint density at radius 2 is 1.66 bits per heavy atom. The van der Waals surface area contributed by atoms with E-state index in [1.165, 1.54) is 18.2 Å². The fourth-order valence-electron chi connectivity index (χ4n) is 3.30. The summed E-state index contributed by atoms with van der Waals surface area (Å²) in [4.78, 5) is 13.1. The number of carbonyl (C=O) groups excluding carboxylic acids is 1. The van der Waals surface area contributed by atoms with E-state index >= 15 is 0 Å². The third-order valence-electron chi connectivity index (χ3n) is 5.04. The van der Waals surface area contributed by atoms with Crippen LogP contribution in [0, 0.1) is 0 Å². The summed E-state index contributed by atoms with van der Waals surface area (Å²) in [6.45, 7) is -0.0478. The Hall–Kier alpha value is -3.31. The van der Waals surface area contributed by atoms with Crippen LogP contribution in [-0.4, -0.2) is 44.4 Å². The second kappa shape index (κ2) is 11.4. The summed E-state index contributed by atoms with van der Waals surface area (Å²) in [7, 11) is -2.09. The van der Waals surface area contributed by atoms with Crippen LogP contribution in [0.25, 0.3) is 0 Å². The lowest BCUT2D eigenvalue weighted by Crippen LogP contribution is -2.35. The lowest BCUT2D eigenvalue weighted by Gasteiger charge is -2.22. The van der Waals surface area contributed by atoms with Gasteiger partial charge in [-0.2, -0.15) is 0 Å². The number of phenolic OH excluding ortho intramolecular Hbond substituents is 1. The largest absolute Gasteiger partial charge is 0.506 e. The molecule has 3 rings (SSSR count). The molecule has 0 radical (unpaired) electrons. The number of benzene rings is 3. The Balaban J connectivity index is 1.79. The molecule has 0 heterocycles. The Labute approximate surface area is 208 Å². The number of nitrogens with one attached hydrogen (secondary N) is 3. The van der Waals surface area contributed by atoms with Crippen molar-refractivity contribution in [3.63, 3.8) is 0 Å². The second-order valence-corrected chi connectivity index (χ2v) is 9.96. The Kier molecular flexibility index (Phi) is 8.57. The molecular formula is C24H26ClN3O6S. The van der Waals surface area contributed by atoms with Crippen LogP contribution in [0.2, 0.25) is 5.02 Å². The van der Waals surface area contributed by atoms with Gasteiger partial charge in [-0.3, -0.25) is 14.8 Å². The molecule has 1 amide bonds. The maximum absolute atomic E-state index is 13.1.